The van der Waals surface area contributed by atoms with Crippen molar-refractivity contribution >= 4 is 5.65 Å². The van der Waals surface area contributed by atoms with Crippen molar-refractivity contribution in [3.05, 3.63) is 35.8 Å². The Kier molecular flexibility index (Phi) is 4.03. The van der Waals surface area contributed by atoms with Gasteiger partial charge in [-0.2, -0.15) is 0 Å². The molecule has 0 aliphatic heterocycles. The van der Waals surface area contributed by atoms with Crippen molar-refractivity contribution in [2.75, 3.05) is 6.54 Å². The van der Waals surface area contributed by atoms with Crippen LogP contribution in [0, 0.1) is 12.8 Å². The molecule has 4 nitrogen and oxygen atoms in total. The SMILES string of the molecule is Cc1nc2ccccn2c1CNCC1CCCCC1O. The molecule has 1 aliphatic carbocycles. The van der Waals surface area contributed by atoms with Crippen LogP contribution in [0.2, 0.25) is 0 Å². The largest absolute Gasteiger partial charge is 0.393 e. The summed E-state index contributed by atoms with van der Waals surface area (Å²) in [6.45, 7) is 3.75. The van der Waals surface area contributed by atoms with Gasteiger partial charge in [-0.15, -0.1) is 0 Å². The number of pyridine rings is 1. The summed E-state index contributed by atoms with van der Waals surface area (Å²) in [6.07, 6.45) is 6.45. The van der Waals surface area contributed by atoms with Gasteiger partial charge in [0.25, 0.3) is 0 Å². The number of nitrogens with zero attached hydrogens (tertiary/aromatic N) is 2. The first kappa shape index (κ1) is 13.6. The highest BCUT2D eigenvalue weighted by molar-refractivity contribution is 5.42. The van der Waals surface area contributed by atoms with E-state index in [1.54, 1.807) is 0 Å². The van der Waals surface area contributed by atoms with E-state index < -0.39 is 0 Å². The van der Waals surface area contributed by atoms with Gasteiger partial charge >= 0.3 is 0 Å². The number of hydrogen-bond acceptors (Lipinski definition) is 3. The third-order valence-corrected chi connectivity index (χ3v) is 4.40. The number of aliphatic hydroxyl groups excluding tert-OH is 1. The molecule has 1 fully saturated rings. The molecule has 1 saturated carbocycles. The predicted molar refractivity (Wildman–Crippen MR) is 79.6 cm³/mol. The van der Waals surface area contributed by atoms with Crippen molar-refractivity contribution in [3.8, 4) is 0 Å². The maximum Gasteiger partial charge on any atom is 0.137 e. The molecule has 2 atom stereocenters. The maximum absolute atomic E-state index is 9.99. The smallest absolute Gasteiger partial charge is 0.137 e. The zero-order valence-electron chi connectivity index (χ0n) is 12.0. The molecule has 0 amide bonds. The number of fused-ring (bicyclic) bond motifs is 1. The predicted octanol–water partition coefficient (Wildman–Crippen LogP) is 2.28. The fourth-order valence-corrected chi connectivity index (χ4v) is 3.18. The minimum Gasteiger partial charge on any atom is -0.393 e. The quantitative estimate of drug-likeness (QED) is 0.898. The van der Waals surface area contributed by atoms with Crippen molar-refractivity contribution in [3.63, 3.8) is 0 Å². The zero-order valence-corrected chi connectivity index (χ0v) is 12.0. The molecule has 20 heavy (non-hydrogen) atoms. The van der Waals surface area contributed by atoms with Crippen LogP contribution < -0.4 is 5.32 Å². The fourth-order valence-electron chi connectivity index (χ4n) is 3.18. The van der Waals surface area contributed by atoms with Gasteiger partial charge in [-0.25, -0.2) is 4.98 Å². The van der Waals surface area contributed by atoms with Gasteiger partial charge in [0.2, 0.25) is 0 Å². The van der Waals surface area contributed by atoms with E-state index in [0.29, 0.717) is 5.92 Å². The van der Waals surface area contributed by atoms with Gasteiger partial charge < -0.3 is 14.8 Å². The summed E-state index contributed by atoms with van der Waals surface area (Å²) < 4.78 is 2.14. The number of rotatable bonds is 4. The van der Waals surface area contributed by atoms with Crippen LogP contribution in [0.3, 0.4) is 0 Å². The molecule has 0 saturated heterocycles. The van der Waals surface area contributed by atoms with Crippen LogP contribution in [0.15, 0.2) is 24.4 Å². The van der Waals surface area contributed by atoms with Crippen LogP contribution in [0.1, 0.15) is 37.1 Å². The van der Waals surface area contributed by atoms with Gasteiger partial charge in [0.1, 0.15) is 5.65 Å². The highest BCUT2D eigenvalue weighted by Crippen LogP contribution is 2.23. The fraction of sp³-hybridized carbons (Fsp3) is 0.562. The molecule has 2 N–H and O–H groups in total. The molecule has 0 spiro atoms. The molecule has 1 aliphatic rings. The lowest BCUT2D eigenvalue weighted by Crippen LogP contribution is -2.33. The first-order valence-electron chi connectivity index (χ1n) is 7.57. The minimum atomic E-state index is -0.125. The second-order valence-corrected chi connectivity index (χ2v) is 5.82. The van der Waals surface area contributed by atoms with E-state index in [2.05, 4.69) is 27.8 Å². The summed E-state index contributed by atoms with van der Waals surface area (Å²) in [5.41, 5.74) is 3.29. The summed E-state index contributed by atoms with van der Waals surface area (Å²) >= 11 is 0. The zero-order chi connectivity index (χ0) is 13.9. The number of aromatic nitrogens is 2. The third kappa shape index (κ3) is 2.72. The van der Waals surface area contributed by atoms with Gasteiger partial charge in [-0.1, -0.05) is 18.9 Å². The van der Waals surface area contributed by atoms with Gasteiger partial charge in [-0.3, -0.25) is 0 Å². The molecular weight excluding hydrogens is 250 g/mol. The van der Waals surface area contributed by atoms with E-state index in [-0.39, 0.29) is 6.10 Å². The van der Waals surface area contributed by atoms with Crippen molar-refractivity contribution in [1.29, 1.82) is 0 Å². The Balaban J connectivity index is 1.63. The Morgan fingerprint density at radius 2 is 2.20 bits per heavy atom. The van der Waals surface area contributed by atoms with E-state index in [0.717, 1.165) is 37.3 Å². The summed E-state index contributed by atoms with van der Waals surface area (Å²) in [5.74, 6) is 0.406. The second-order valence-electron chi connectivity index (χ2n) is 5.82. The Bertz CT molecular complexity index is 578. The average Bonchev–Trinajstić information content (AvgIpc) is 2.77. The number of aliphatic hydroxyl groups is 1. The molecule has 0 bridgehead atoms. The number of nitrogens with one attached hydrogen (secondary N) is 1. The van der Waals surface area contributed by atoms with Gasteiger partial charge in [0.15, 0.2) is 0 Å². The number of imidazole rings is 1. The van der Waals surface area contributed by atoms with Crippen molar-refractivity contribution < 1.29 is 5.11 Å². The molecule has 0 aromatic carbocycles. The van der Waals surface area contributed by atoms with Crippen LogP contribution in [0.25, 0.3) is 5.65 Å². The Morgan fingerprint density at radius 1 is 1.35 bits per heavy atom. The summed E-state index contributed by atoms with van der Waals surface area (Å²) in [4.78, 5) is 4.57. The number of aryl methyl sites for hydroxylation is 1. The standard InChI is InChI=1S/C16H23N3O/c1-12-14(19-9-5-4-8-16(19)18-12)11-17-10-13-6-2-3-7-15(13)20/h4-5,8-9,13,15,17,20H,2-3,6-7,10-11H2,1H3. The van der Waals surface area contributed by atoms with E-state index >= 15 is 0 Å². The van der Waals surface area contributed by atoms with Crippen LogP contribution >= 0.6 is 0 Å². The highest BCUT2D eigenvalue weighted by atomic mass is 16.3. The lowest BCUT2D eigenvalue weighted by Gasteiger charge is -2.27. The topological polar surface area (TPSA) is 49.6 Å². The molecule has 2 aromatic rings. The number of hydrogen-bond donors (Lipinski definition) is 2. The summed E-state index contributed by atoms with van der Waals surface area (Å²) in [7, 11) is 0. The van der Waals surface area contributed by atoms with Crippen molar-refractivity contribution in [2.24, 2.45) is 5.92 Å². The van der Waals surface area contributed by atoms with E-state index in [1.807, 2.05) is 18.2 Å². The molecule has 108 valence electrons. The molecule has 2 aromatic heterocycles. The molecule has 2 heterocycles. The lowest BCUT2D eigenvalue weighted by atomic mass is 9.86. The third-order valence-electron chi connectivity index (χ3n) is 4.40. The molecule has 4 heteroatoms. The highest BCUT2D eigenvalue weighted by Gasteiger charge is 2.22. The summed E-state index contributed by atoms with van der Waals surface area (Å²) in [6, 6.07) is 6.07. The lowest BCUT2D eigenvalue weighted by molar-refractivity contribution is 0.0694. The van der Waals surface area contributed by atoms with Gasteiger partial charge in [0.05, 0.1) is 17.5 Å². The van der Waals surface area contributed by atoms with Crippen LogP contribution in [-0.2, 0) is 6.54 Å². The van der Waals surface area contributed by atoms with E-state index in [9.17, 15) is 5.11 Å². The molecule has 0 radical (unpaired) electrons. The Morgan fingerprint density at radius 3 is 3.05 bits per heavy atom. The Labute approximate surface area is 119 Å². The van der Waals surface area contributed by atoms with Crippen molar-refractivity contribution in [2.45, 2.75) is 45.3 Å². The monoisotopic (exact) mass is 273 g/mol. The van der Waals surface area contributed by atoms with Crippen molar-refractivity contribution in [1.82, 2.24) is 14.7 Å². The molecular formula is C16H23N3O. The van der Waals surface area contributed by atoms with E-state index in [4.69, 9.17) is 0 Å². The van der Waals surface area contributed by atoms with Gasteiger partial charge in [-0.05, 0) is 37.8 Å². The first-order valence-corrected chi connectivity index (χ1v) is 7.57. The second kappa shape index (κ2) is 5.94. The minimum absolute atomic E-state index is 0.125. The van der Waals surface area contributed by atoms with Crippen LogP contribution in [0.4, 0.5) is 0 Å². The normalized spacial score (nSPS) is 23.3. The van der Waals surface area contributed by atoms with Crippen LogP contribution in [0.5, 0.6) is 0 Å². The van der Waals surface area contributed by atoms with Gasteiger partial charge in [0, 0.05) is 19.3 Å². The average molecular weight is 273 g/mol. The van der Waals surface area contributed by atoms with E-state index in [1.165, 1.54) is 18.5 Å². The Hall–Kier alpha value is -1.39. The maximum atomic E-state index is 9.99. The molecule has 3 rings (SSSR count). The van der Waals surface area contributed by atoms with Crippen LogP contribution in [-0.4, -0.2) is 27.1 Å². The first-order chi connectivity index (χ1) is 9.75. The summed E-state index contributed by atoms with van der Waals surface area (Å²) in [5, 5.41) is 13.5. The molecule has 2 unspecified atom stereocenters.